The van der Waals surface area contributed by atoms with Gasteiger partial charge in [-0.1, -0.05) is 39.0 Å². The molecular weight excluding hydrogens is 476 g/mol. The van der Waals surface area contributed by atoms with Crippen molar-refractivity contribution < 1.29 is 29.2 Å². The van der Waals surface area contributed by atoms with Crippen LogP contribution in [0.2, 0.25) is 0 Å². The van der Waals surface area contributed by atoms with Crippen molar-refractivity contribution in [3.8, 4) is 5.75 Å². The number of esters is 1. The molecule has 9 nitrogen and oxygen atoms in total. The van der Waals surface area contributed by atoms with E-state index in [1.807, 2.05) is 26.0 Å². The fourth-order valence-corrected chi connectivity index (χ4v) is 4.81. The van der Waals surface area contributed by atoms with Crippen molar-refractivity contribution in [1.29, 1.82) is 0 Å². The van der Waals surface area contributed by atoms with Crippen molar-refractivity contribution in [3.05, 3.63) is 69.3 Å². The van der Waals surface area contributed by atoms with Crippen LogP contribution in [0.25, 0.3) is 0 Å². The van der Waals surface area contributed by atoms with Crippen LogP contribution in [0.3, 0.4) is 0 Å². The Kier molecular flexibility index (Phi) is 9.38. The first kappa shape index (κ1) is 27.8. The summed E-state index contributed by atoms with van der Waals surface area (Å²) in [5.41, 5.74) is 3.20. The summed E-state index contributed by atoms with van der Waals surface area (Å²) in [5.74, 6) is -3.80. The van der Waals surface area contributed by atoms with Gasteiger partial charge in [-0.15, -0.1) is 0 Å². The average Bonchev–Trinajstić information content (AvgIpc) is 2.86. The molecule has 0 saturated heterocycles. The summed E-state index contributed by atoms with van der Waals surface area (Å²) in [6.45, 7) is 5.41. The van der Waals surface area contributed by atoms with Gasteiger partial charge in [0.1, 0.15) is 11.8 Å². The van der Waals surface area contributed by atoms with Gasteiger partial charge in [-0.2, -0.15) is 0 Å². The minimum Gasteiger partial charge on any atom is -0.480 e. The lowest BCUT2D eigenvalue weighted by Gasteiger charge is -2.26. The van der Waals surface area contributed by atoms with Crippen LogP contribution in [0, 0.1) is 27.9 Å². The number of nitro groups is 1. The van der Waals surface area contributed by atoms with E-state index in [-0.39, 0.29) is 23.8 Å². The first-order valence-corrected chi connectivity index (χ1v) is 12.7. The van der Waals surface area contributed by atoms with Crippen LogP contribution >= 0.6 is 0 Å². The second-order valence-corrected chi connectivity index (χ2v) is 10.1. The molecule has 2 N–H and O–H groups in total. The molecule has 1 amide bonds. The van der Waals surface area contributed by atoms with E-state index in [4.69, 9.17) is 4.74 Å². The largest absolute Gasteiger partial charge is 0.480 e. The lowest BCUT2D eigenvalue weighted by atomic mass is 9.84. The van der Waals surface area contributed by atoms with Gasteiger partial charge in [-0.25, -0.2) is 4.79 Å². The van der Waals surface area contributed by atoms with Crippen molar-refractivity contribution in [1.82, 2.24) is 5.32 Å². The van der Waals surface area contributed by atoms with Crippen molar-refractivity contribution >= 4 is 23.5 Å². The fraction of sp³-hybridized carbons (Fsp3) is 0.464. The molecule has 1 aliphatic rings. The number of benzene rings is 2. The maximum atomic E-state index is 13.3. The Morgan fingerprint density at radius 1 is 1.05 bits per heavy atom. The highest BCUT2D eigenvalue weighted by atomic mass is 16.6. The minimum atomic E-state index is -1.13. The molecule has 0 aromatic heterocycles. The molecule has 0 radical (unpaired) electrons. The number of hydrogen-bond acceptors (Lipinski definition) is 6. The third-order valence-electron chi connectivity index (χ3n) is 6.84. The average molecular weight is 511 g/mol. The minimum absolute atomic E-state index is 0.0646. The molecule has 2 aromatic rings. The fourth-order valence-electron chi connectivity index (χ4n) is 4.81. The number of carbonyl (C=O) groups excluding carboxylic acids is 2. The van der Waals surface area contributed by atoms with E-state index in [1.54, 1.807) is 6.92 Å². The Balaban J connectivity index is 1.74. The summed E-state index contributed by atoms with van der Waals surface area (Å²) >= 11 is 0. The highest BCUT2D eigenvalue weighted by Gasteiger charge is 2.34. The monoisotopic (exact) mass is 510 g/mol. The van der Waals surface area contributed by atoms with E-state index < -0.39 is 40.6 Å². The Hall–Kier alpha value is -3.75. The highest BCUT2D eigenvalue weighted by molar-refractivity contribution is 5.89. The SMILES string of the molecule is CC(C)CC(C(=O)NC(Cc1cccc2c1CCCC2)C(=O)O)C(C)C(=O)Oc1ccc([N+](=O)[O-])cc1. The molecule has 3 atom stereocenters. The number of rotatable bonds is 11. The molecule has 0 fully saturated rings. The number of amides is 1. The summed E-state index contributed by atoms with van der Waals surface area (Å²) < 4.78 is 5.38. The van der Waals surface area contributed by atoms with Gasteiger partial charge < -0.3 is 15.2 Å². The number of nitrogens with one attached hydrogen (secondary N) is 1. The molecular formula is C28H34N2O7. The van der Waals surface area contributed by atoms with E-state index >= 15 is 0 Å². The summed E-state index contributed by atoms with van der Waals surface area (Å²) in [6.07, 6.45) is 4.56. The Morgan fingerprint density at radius 2 is 1.73 bits per heavy atom. The van der Waals surface area contributed by atoms with Crippen LogP contribution in [0.4, 0.5) is 5.69 Å². The molecule has 3 rings (SSSR count). The number of carbonyl (C=O) groups is 3. The normalized spacial score (nSPS) is 15.2. The molecule has 1 aliphatic carbocycles. The van der Waals surface area contributed by atoms with Crippen molar-refractivity contribution in [2.75, 3.05) is 0 Å². The predicted molar refractivity (Wildman–Crippen MR) is 137 cm³/mol. The van der Waals surface area contributed by atoms with Crippen LogP contribution < -0.4 is 10.1 Å². The summed E-state index contributed by atoms with van der Waals surface area (Å²) in [4.78, 5) is 48.6. The van der Waals surface area contributed by atoms with Crippen LogP contribution in [-0.2, 0) is 33.6 Å². The van der Waals surface area contributed by atoms with E-state index in [9.17, 15) is 29.6 Å². The Bertz CT molecular complexity index is 1140. The van der Waals surface area contributed by atoms with Gasteiger partial charge in [0.2, 0.25) is 5.91 Å². The van der Waals surface area contributed by atoms with E-state index in [0.717, 1.165) is 31.2 Å². The zero-order valence-electron chi connectivity index (χ0n) is 21.4. The standard InChI is InChI=1S/C28H34N2O7/c1-17(2)15-24(18(3)28(34)37-22-13-11-21(12-14-22)30(35)36)26(31)29-25(27(32)33)16-20-9-6-8-19-7-4-5-10-23(19)20/h6,8-9,11-14,17-18,24-25H,4-5,7,10,15-16H2,1-3H3,(H,29,31)(H,32,33). The smallest absolute Gasteiger partial charge is 0.326 e. The van der Waals surface area contributed by atoms with Gasteiger partial charge in [0, 0.05) is 18.6 Å². The lowest BCUT2D eigenvalue weighted by molar-refractivity contribution is -0.384. The molecule has 37 heavy (non-hydrogen) atoms. The van der Waals surface area contributed by atoms with Gasteiger partial charge in [-0.3, -0.25) is 19.7 Å². The van der Waals surface area contributed by atoms with Gasteiger partial charge >= 0.3 is 11.9 Å². The Morgan fingerprint density at radius 3 is 2.35 bits per heavy atom. The number of nitrogens with zero attached hydrogens (tertiary/aromatic N) is 1. The van der Waals surface area contributed by atoms with Crippen molar-refractivity contribution in [3.63, 3.8) is 0 Å². The molecule has 0 spiro atoms. The van der Waals surface area contributed by atoms with E-state index in [1.165, 1.54) is 35.4 Å². The highest BCUT2D eigenvalue weighted by Crippen LogP contribution is 2.27. The quantitative estimate of drug-likeness (QED) is 0.197. The molecule has 2 aromatic carbocycles. The van der Waals surface area contributed by atoms with Crippen LogP contribution in [0.1, 0.15) is 56.7 Å². The molecule has 0 bridgehead atoms. The predicted octanol–water partition coefficient (Wildman–Crippen LogP) is 4.49. The zero-order chi connectivity index (χ0) is 27.1. The number of ether oxygens (including phenoxy) is 1. The third kappa shape index (κ3) is 7.38. The summed E-state index contributed by atoms with van der Waals surface area (Å²) in [6, 6.07) is 9.89. The van der Waals surface area contributed by atoms with Gasteiger partial charge in [0.05, 0.1) is 16.8 Å². The molecule has 9 heteroatoms. The lowest BCUT2D eigenvalue weighted by Crippen LogP contribution is -2.47. The summed E-state index contributed by atoms with van der Waals surface area (Å²) in [7, 11) is 0. The number of nitro benzene ring substituents is 1. The number of aryl methyl sites for hydroxylation is 1. The molecule has 198 valence electrons. The van der Waals surface area contributed by atoms with Crippen molar-refractivity contribution in [2.45, 2.75) is 65.3 Å². The number of aliphatic carboxylic acids is 1. The molecule has 0 saturated carbocycles. The second-order valence-electron chi connectivity index (χ2n) is 10.1. The second kappa shape index (κ2) is 12.5. The molecule has 3 unspecified atom stereocenters. The Labute approximate surface area is 216 Å². The third-order valence-corrected chi connectivity index (χ3v) is 6.84. The van der Waals surface area contributed by atoms with Crippen LogP contribution in [-0.4, -0.2) is 33.9 Å². The summed E-state index contributed by atoms with van der Waals surface area (Å²) in [5, 5.41) is 23.4. The van der Waals surface area contributed by atoms with E-state index in [0.29, 0.717) is 6.42 Å². The maximum absolute atomic E-state index is 13.3. The number of fused-ring (bicyclic) bond motifs is 1. The first-order valence-electron chi connectivity index (χ1n) is 12.7. The van der Waals surface area contributed by atoms with Crippen LogP contribution in [0.15, 0.2) is 42.5 Å². The van der Waals surface area contributed by atoms with Crippen LogP contribution in [0.5, 0.6) is 5.75 Å². The number of carboxylic acids is 1. The number of hydrogen-bond donors (Lipinski definition) is 2. The number of carboxylic acid groups (broad SMARTS) is 1. The van der Waals surface area contributed by atoms with Gasteiger partial charge in [0.25, 0.3) is 5.69 Å². The van der Waals surface area contributed by atoms with Gasteiger partial charge in [-0.05, 0) is 66.8 Å². The maximum Gasteiger partial charge on any atom is 0.326 e. The first-order chi connectivity index (χ1) is 17.6. The van der Waals surface area contributed by atoms with E-state index in [2.05, 4.69) is 11.4 Å². The topological polar surface area (TPSA) is 136 Å². The van der Waals surface area contributed by atoms with Gasteiger partial charge in [0.15, 0.2) is 0 Å². The molecule has 0 heterocycles. The zero-order valence-corrected chi connectivity index (χ0v) is 21.4. The molecule has 0 aliphatic heterocycles. The van der Waals surface area contributed by atoms with Crippen molar-refractivity contribution in [2.24, 2.45) is 17.8 Å². The number of non-ortho nitro benzene ring substituents is 1.